The summed E-state index contributed by atoms with van der Waals surface area (Å²) in [6.45, 7) is -0.0657. The second-order valence-electron chi connectivity index (χ2n) is 18.5. The lowest BCUT2D eigenvalue weighted by Gasteiger charge is -2.28. The summed E-state index contributed by atoms with van der Waals surface area (Å²) in [4.78, 5) is 141. The van der Waals surface area contributed by atoms with Crippen molar-refractivity contribution in [2.75, 3.05) is 31.8 Å². The maximum absolute atomic E-state index is 14.0. The third-order valence-corrected chi connectivity index (χ3v) is 12.9. The number of hydrogen-bond acceptors (Lipinski definition) is 16. The number of aliphatic hydroxyl groups excluding tert-OH is 3. The monoisotopic (exact) mass is 1130 g/mol. The predicted octanol–water partition coefficient (Wildman–Crippen LogP) is -3.77. The lowest BCUT2D eigenvalue weighted by Crippen LogP contribution is -2.62. The number of aliphatic carboxylic acids is 1. The summed E-state index contributed by atoms with van der Waals surface area (Å²) in [6.07, 6.45) is 2.51. The van der Waals surface area contributed by atoms with E-state index in [1.165, 1.54) is 38.1 Å². The highest BCUT2D eigenvalue weighted by atomic mass is 32.2. The Kier molecular flexibility index (Phi) is 26.7. The average molecular weight is 1130 g/mol. The van der Waals surface area contributed by atoms with Crippen molar-refractivity contribution in [1.82, 2.24) is 57.8 Å². The molecule has 0 unspecified atom stereocenters. The number of carboxylic acids is 1. The Morgan fingerprint density at radius 1 is 0.525 bits per heavy atom. The predicted molar refractivity (Wildman–Crippen MR) is 291 cm³/mol. The second-order valence-corrected chi connectivity index (χ2v) is 19.5. The van der Waals surface area contributed by atoms with Crippen molar-refractivity contribution >= 4 is 70.9 Å². The van der Waals surface area contributed by atoms with E-state index in [2.05, 4.69) is 57.8 Å². The lowest BCUT2D eigenvalue weighted by atomic mass is 10.0. The van der Waals surface area contributed by atoms with E-state index in [0.29, 0.717) is 28.1 Å². The minimum atomic E-state index is -1.83. The van der Waals surface area contributed by atoms with Crippen LogP contribution in [0, 0.1) is 0 Å². The van der Waals surface area contributed by atoms with Crippen molar-refractivity contribution in [3.63, 3.8) is 0 Å². The van der Waals surface area contributed by atoms with Gasteiger partial charge < -0.3 is 79.0 Å². The number of aromatic amines is 1. The summed E-state index contributed by atoms with van der Waals surface area (Å²) in [5.41, 5.74) is 7.62. The number of aliphatic hydroxyl groups is 3. The molecule has 0 aliphatic heterocycles. The van der Waals surface area contributed by atoms with Crippen LogP contribution in [0.5, 0.6) is 0 Å². The first-order valence-electron chi connectivity index (χ1n) is 25.4. The van der Waals surface area contributed by atoms with Crippen LogP contribution in [0.1, 0.15) is 42.7 Å². The molecule has 27 heteroatoms. The van der Waals surface area contributed by atoms with Gasteiger partial charge in [-0.25, -0.2) is 9.78 Å². The third-order valence-electron chi connectivity index (χ3n) is 12.2. The number of benzene rings is 3. The van der Waals surface area contributed by atoms with Gasteiger partial charge in [-0.1, -0.05) is 91.0 Å². The van der Waals surface area contributed by atoms with Gasteiger partial charge in [0.2, 0.25) is 53.2 Å². The number of nitrogens with one attached hydrogen (secondary N) is 10. The molecule has 1 heterocycles. The normalized spacial score (nSPS) is 14.7. The van der Waals surface area contributed by atoms with Crippen molar-refractivity contribution in [2.45, 2.75) is 106 Å². The van der Waals surface area contributed by atoms with Gasteiger partial charge in [-0.15, -0.1) is 0 Å². The highest BCUT2D eigenvalue weighted by Gasteiger charge is 2.36. The molecule has 0 spiro atoms. The van der Waals surface area contributed by atoms with Crippen LogP contribution in [0.2, 0.25) is 0 Å². The van der Waals surface area contributed by atoms with Crippen LogP contribution in [-0.4, -0.2) is 182 Å². The average Bonchev–Trinajstić information content (AvgIpc) is 3.97. The van der Waals surface area contributed by atoms with Crippen LogP contribution in [0.3, 0.4) is 0 Å². The molecule has 80 heavy (non-hydrogen) atoms. The summed E-state index contributed by atoms with van der Waals surface area (Å²) in [7, 11) is 0. The lowest BCUT2D eigenvalue weighted by molar-refractivity contribution is -0.142. The molecule has 432 valence electrons. The number of thioether (sulfide) groups is 1. The van der Waals surface area contributed by atoms with Gasteiger partial charge in [-0.2, -0.15) is 11.8 Å². The van der Waals surface area contributed by atoms with Gasteiger partial charge in [0, 0.05) is 37.6 Å². The number of carbonyl (C=O) groups is 10. The first-order valence-corrected chi connectivity index (χ1v) is 26.8. The molecule has 26 nitrogen and oxygen atoms in total. The molecule has 0 aliphatic rings. The van der Waals surface area contributed by atoms with E-state index in [-0.39, 0.29) is 32.1 Å². The van der Waals surface area contributed by atoms with Crippen LogP contribution in [0.15, 0.2) is 104 Å². The minimum Gasteiger partial charge on any atom is -0.480 e. The van der Waals surface area contributed by atoms with Crippen molar-refractivity contribution in [2.24, 2.45) is 5.73 Å². The third kappa shape index (κ3) is 21.2. The number of rotatable bonds is 33. The molecule has 0 aliphatic carbocycles. The summed E-state index contributed by atoms with van der Waals surface area (Å²) in [5.74, 6) is -9.41. The van der Waals surface area contributed by atoms with Crippen LogP contribution in [0.25, 0.3) is 0 Å². The maximum Gasteiger partial charge on any atom is 0.326 e. The number of amides is 9. The van der Waals surface area contributed by atoms with Crippen molar-refractivity contribution in [3.05, 3.63) is 126 Å². The van der Waals surface area contributed by atoms with Gasteiger partial charge in [-0.3, -0.25) is 43.2 Å². The van der Waals surface area contributed by atoms with Crippen molar-refractivity contribution in [1.29, 1.82) is 0 Å². The van der Waals surface area contributed by atoms with Gasteiger partial charge in [0.25, 0.3) is 0 Å². The molecule has 10 atom stereocenters. The Bertz CT molecular complexity index is 2670. The Morgan fingerprint density at radius 3 is 1.35 bits per heavy atom. The number of carboxylic acid groups (broad SMARTS) is 1. The highest BCUT2D eigenvalue weighted by Crippen LogP contribution is 2.11. The summed E-state index contributed by atoms with van der Waals surface area (Å²) >= 11 is 1.37. The molecule has 1 aromatic heterocycles. The number of carbonyl (C=O) groups excluding carboxylic acids is 9. The van der Waals surface area contributed by atoms with Gasteiger partial charge in [0.1, 0.15) is 54.4 Å². The van der Waals surface area contributed by atoms with Gasteiger partial charge in [-0.05, 0) is 49.0 Å². The molecule has 3 aromatic carbocycles. The number of hydrogen-bond donors (Lipinski definition) is 15. The Hall–Kier alpha value is -8.24. The molecule has 0 bridgehead atoms. The summed E-state index contributed by atoms with van der Waals surface area (Å²) in [6, 6.07) is 11.7. The molecule has 0 saturated carbocycles. The fourth-order valence-electron chi connectivity index (χ4n) is 7.83. The van der Waals surface area contributed by atoms with Gasteiger partial charge in [0.05, 0.1) is 32.2 Å². The van der Waals surface area contributed by atoms with Gasteiger partial charge in [0.15, 0.2) is 0 Å². The summed E-state index contributed by atoms with van der Waals surface area (Å²) < 4.78 is 0. The number of imidazole rings is 1. The SMILES string of the molecule is CSCC[C@H](NC(=O)[C@H](C)NC(=O)[C@H](Cc1ccccc1)NC(=O)[C@H](CO)NC(=O)[C@H](CO)NC(=O)[C@H](Cc1ccccc1)NC(=O)[C@@H](NC(=O)[C@H](Cc1ccccc1)NC(=O)CN)[C@@H](C)O)C(=O)N[C@@H](Cc1cnc[nH]1)C(=O)O. The zero-order valence-electron chi connectivity index (χ0n) is 44.3. The maximum atomic E-state index is 14.0. The van der Waals surface area contributed by atoms with Crippen LogP contribution in [-0.2, 0) is 73.6 Å². The molecule has 9 amide bonds. The highest BCUT2D eigenvalue weighted by molar-refractivity contribution is 7.98. The number of nitrogens with two attached hydrogens (primary N) is 1. The van der Waals surface area contributed by atoms with Crippen molar-refractivity contribution in [3.8, 4) is 0 Å². The molecule has 0 radical (unpaired) electrons. The van der Waals surface area contributed by atoms with E-state index < -0.39 is 139 Å². The second kappa shape index (κ2) is 33.3. The molecular weight excluding hydrogens is 1060 g/mol. The quantitative estimate of drug-likeness (QED) is 0.0218. The van der Waals surface area contributed by atoms with E-state index in [1.54, 1.807) is 97.3 Å². The molecule has 4 rings (SSSR count). The molecule has 0 saturated heterocycles. The van der Waals surface area contributed by atoms with E-state index in [0.717, 1.165) is 0 Å². The standard InChI is InChI=1S/C53H70N12O14S/c1-30(45(70)59-36(19-20-80-3)46(71)62-40(53(78)79)24-35-26-55-29-56-35)57-47(72)38(22-33-15-9-5-10-16-33)60-50(75)41(27-66)64-51(76)42(28-67)63-48(73)39(23-34-17-11-6-12-18-34)61-52(77)44(31(2)68)65-49(74)37(58-43(69)25-54)21-32-13-7-4-8-14-32/h4-18,26,29-31,36-42,44,66-68H,19-25,27-28,54H2,1-3H3,(H,55,56)(H,57,72)(H,58,69)(H,59,70)(H,60,75)(H,61,77)(H,62,71)(H,63,73)(H,64,76)(H,65,74)(H,78,79)/t30-,31+,36-,37-,38-,39-,40-,41-,42-,44-/m0/s1. The Balaban J connectivity index is 1.47. The Labute approximate surface area is 465 Å². The topological polar surface area (TPSA) is 415 Å². The first-order chi connectivity index (χ1) is 38.3. The van der Waals surface area contributed by atoms with Crippen molar-refractivity contribution < 1.29 is 68.4 Å². The van der Waals surface area contributed by atoms with E-state index in [1.807, 2.05) is 0 Å². The van der Waals surface area contributed by atoms with E-state index in [9.17, 15) is 68.4 Å². The van der Waals surface area contributed by atoms with E-state index >= 15 is 0 Å². The zero-order chi connectivity index (χ0) is 58.7. The van der Waals surface area contributed by atoms with Crippen LogP contribution < -0.4 is 53.6 Å². The first kappa shape index (κ1) is 64.3. The van der Waals surface area contributed by atoms with Crippen LogP contribution in [0.4, 0.5) is 0 Å². The fraction of sp³-hybridized carbons (Fsp3) is 0.415. The molecular formula is C53H70N12O14S. The zero-order valence-corrected chi connectivity index (χ0v) is 45.1. The number of aromatic nitrogens is 2. The van der Waals surface area contributed by atoms with E-state index in [4.69, 9.17) is 5.73 Å². The molecule has 16 N–H and O–H groups in total. The number of nitrogens with zero attached hydrogens (tertiary/aromatic N) is 1. The number of H-pyrrole nitrogens is 1. The molecule has 4 aromatic rings. The van der Waals surface area contributed by atoms with Crippen LogP contribution >= 0.6 is 11.8 Å². The van der Waals surface area contributed by atoms with Gasteiger partial charge >= 0.3 is 5.97 Å². The smallest absolute Gasteiger partial charge is 0.326 e. The summed E-state index contributed by atoms with van der Waals surface area (Å²) in [5, 5.41) is 63.3. The Morgan fingerprint density at radius 2 is 0.925 bits per heavy atom. The molecule has 0 fully saturated rings. The minimum absolute atomic E-state index is 0.0166. The largest absolute Gasteiger partial charge is 0.480 e. The fourth-order valence-corrected chi connectivity index (χ4v) is 8.30.